The van der Waals surface area contributed by atoms with Crippen LogP contribution in [-0.4, -0.2) is 35.4 Å². The fourth-order valence-corrected chi connectivity index (χ4v) is 3.96. The first-order valence-corrected chi connectivity index (χ1v) is 11.9. The van der Waals surface area contributed by atoms with Gasteiger partial charge in [0.1, 0.15) is 17.4 Å². The number of aliphatic carboxylic acids is 1. The molecule has 2 N–H and O–H groups in total. The first kappa shape index (κ1) is 26.0. The van der Waals surface area contributed by atoms with E-state index in [1.807, 2.05) is 6.92 Å². The van der Waals surface area contributed by atoms with Crippen LogP contribution >= 0.6 is 0 Å². The lowest BCUT2D eigenvalue weighted by Crippen LogP contribution is -2.44. The van der Waals surface area contributed by atoms with E-state index >= 15 is 0 Å². The van der Waals surface area contributed by atoms with Gasteiger partial charge in [0.2, 0.25) is 0 Å². The predicted octanol–water partition coefficient (Wildman–Crippen LogP) is 6.10. The topological polar surface area (TPSA) is 84.9 Å². The van der Waals surface area contributed by atoms with Crippen molar-refractivity contribution in [3.8, 4) is 5.75 Å². The molecule has 6 nitrogen and oxygen atoms in total. The normalized spacial score (nSPS) is 16.9. The van der Waals surface area contributed by atoms with Gasteiger partial charge in [-0.2, -0.15) is 0 Å². The minimum atomic E-state index is -1.06. The Morgan fingerprint density at radius 3 is 2.28 bits per heavy atom. The Kier molecular flexibility index (Phi) is 8.99. The molecule has 32 heavy (non-hydrogen) atoms. The lowest BCUT2D eigenvalue weighted by molar-refractivity contribution is -0.140. The third-order valence-corrected chi connectivity index (χ3v) is 6.00. The van der Waals surface area contributed by atoms with Crippen LogP contribution in [0.4, 0.5) is 4.79 Å². The highest BCUT2D eigenvalue weighted by molar-refractivity contribution is 5.80. The van der Waals surface area contributed by atoms with Crippen molar-refractivity contribution in [3.63, 3.8) is 0 Å². The number of amides is 1. The summed E-state index contributed by atoms with van der Waals surface area (Å²) in [6.07, 6.45) is 2.87. The number of ether oxygens (including phenoxy) is 2. The largest absolute Gasteiger partial charge is 0.493 e. The summed E-state index contributed by atoms with van der Waals surface area (Å²) in [5, 5.41) is 12.0. The Morgan fingerprint density at radius 1 is 1.12 bits per heavy atom. The van der Waals surface area contributed by atoms with Crippen molar-refractivity contribution in [2.24, 2.45) is 11.8 Å². The van der Waals surface area contributed by atoms with Gasteiger partial charge in [0.05, 0.1) is 6.61 Å². The van der Waals surface area contributed by atoms with Crippen LogP contribution in [0.3, 0.4) is 0 Å². The second-order valence-electron chi connectivity index (χ2n) is 10.6. The quantitative estimate of drug-likeness (QED) is 0.428. The molecular formula is C26H41NO5. The van der Waals surface area contributed by atoms with Crippen molar-refractivity contribution >= 4 is 12.1 Å². The number of nitrogens with one attached hydrogen (secondary N) is 1. The number of para-hydroxylation sites is 1. The highest BCUT2D eigenvalue weighted by Crippen LogP contribution is 2.46. The molecule has 1 saturated carbocycles. The van der Waals surface area contributed by atoms with Crippen LogP contribution in [-0.2, 0) is 9.53 Å². The van der Waals surface area contributed by atoms with Crippen molar-refractivity contribution in [2.75, 3.05) is 6.61 Å². The molecule has 2 rings (SSSR count). The number of alkyl carbamates (subject to hydrolysis) is 1. The highest BCUT2D eigenvalue weighted by atomic mass is 16.6. The van der Waals surface area contributed by atoms with Crippen molar-refractivity contribution in [2.45, 2.75) is 97.6 Å². The van der Waals surface area contributed by atoms with Crippen LogP contribution in [0, 0.1) is 11.8 Å². The zero-order valence-corrected chi connectivity index (χ0v) is 20.7. The van der Waals surface area contributed by atoms with E-state index in [9.17, 15) is 14.7 Å². The fourth-order valence-electron chi connectivity index (χ4n) is 3.96. The molecule has 0 aromatic heterocycles. The van der Waals surface area contributed by atoms with Gasteiger partial charge in [-0.25, -0.2) is 9.59 Å². The number of hydrogen-bond donors (Lipinski definition) is 2. The van der Waals surface area contributed by atoms with Crippen LogP contribution < -0.4 is 10.1 Å². The van der Waals surface area contributed by atoms with E-state index in [2.05, 4.69) is 44.3 Å². The number of rotatable bonds is 11. The number of benzene rings is 1. The highest BCUT2D eigenvalue weighted by Gasteiger charge is 2.31. The van der Waals surface area contributed by atoms with E-state index in [4.69, 9.17) is 9.47 Å². The number of carbonyl (C=O) groups excluding carboxylic acids is 1. The molecule has 0 heterocycles. The second kappa shape index (κ2) is 11.1. The minimum absolute atomic E-state index is 0.0570. The zero-order chi connectivity index (χ0) is 24.1. The van der Waals surface area contributed by atoms with E-state index in [1.165, 1.54) is 24.0 Å². The lowest BCUT2D eigenvalue weighted by atomic mass is 9.90. The fraction of sp³-hybridized carbons (Fsp3) is 0.692. The standard InChI is InChI=1S/C26H41NO5/c1-16(2)20-9-8-10-21(18(4)19-11-12-19)23(20)31-14-13-17(3)15-22(24(28)29)27-25(30)32-26(5,6)7/h8-10,16-19,22H,11-15H2,1-7H3,(H,27,30)(H,28,29)/t17?,18-,22+/m1/s1. The van der Waals surface area contributed by atoms with E-state index in [1.54, 1.807) is 20.8 Å². The molecule has 180 valence electrons. The SMILES string of the molecule is CC(CCOc1c(C(C)C)cccc1[C@H](C)C1CC1)C[C@H](NC(=O)OC(C)(C)C)C(=O)O. The number of carboxylic acid groups (broad SMARTS) is 1. The molecule has 1 unspecified atom stereocenters. The first-order valence-electron chi connectivity index (χ1n) is 11.9. The molecule has 0 spiro atoms. The predicted molar refractivity (Wildman–Crippen MR) is 126 cm³/mol. The van der Waals surface area contributed by atoms with Crippen LogP contribution in [0.5, 0.6) is 5.75 Å². The summed E-state index contributed by atoms with van der Waals surface area (Å²) in [4.78, 5) is 23.6. The maximum atomic E-state index is 12.0. The Bertz CT molecular complexity index is 779. The monoisotopic (exact) mass is 447 g/mol. The third kappa shape index (κ3) is 8.03. The van der Waals surface area contributed by atoms with Gasteiger partial charge in [-0.3, -0.25) is 0 Å². The Labute approximate surface area is 193 Å². The molecule has 6 heteroatoms. The summed E-state index contributed by atoms with van der Waals surface area (Å²) in [5.74, 6) is 1.58. The summed E-state index contributed by atoms with van der Waals surface area (Å²) in [7, 11) is 0. The van der Waals surface area contributed by atoms with E-state index in [0.29, 0.717) is 31.3 Å². The number of carboxylic acids is 1. The van der Waals surface area contributed by atoms with Gasteiger partial charge in [-0.05, 0) is 81.3 Å². The Morgan fingerprint density at radius 2 is 1.75 bits per heavy atom. The summed E-state index contributed by atoms with van der Waals surface area (Å²) in [6.45, 7) is 14.4. The molecule has 1 amide bonds. The summed E-state index contributed by atoms with van der Waals surface area (Å²) < 4.78 is 11.5. The second-order valence-corrected chi connectivity index (χ2v) is 10.6. The molecule has 1 aliphatic rings. The third-order valence-electron chi connectivity index (χ3n) is 6.00. The lowest BCUT2D eigenvalue weighted by Gasteiger charge is -2.24. The summed E-state index contributed by atoms with van der Waals surface area (Å²) in [6, 6.07) is 5.45. The Hall–Kier alpha value is -2.24. The van der Waals surface area contributed by atoms with Gasteiger partial charge in [0, 0.05) is 0 Å². The maximum Gasteiger partial charge on any atom is 0.408 e. The van der Waals surface area contributed by atoms with Crippen molar-refractivity contribution in [1.82, 2.24) is 5.32 Å². The number of carbonyl (C=O) groups is 2. The molecule has 3 atom stereocenters. The van der Waals surface area contributed by atoms with Crippen LogP contribution in [0.1, 0.15) is 97.1 Å². The van der Waals surface area contributed by atoms with Gasteiger partial charge in [0.25, 0.3) is 0 Å². The number of hydrogen-bond acceptors (Lipinski definition) is 4. The molecule has 1 aliphatic carbocycles. The molecule has 0 aliphatic heterocycles. The Balaban J connectivity index is 1.97. The van der Waals surface area contributed by atoms with Crippen molar-refractivity contribution in [3.05, 3.63) is 29.3 Å². The maximum absolute atomic E-state index is 12.0. The molecular weight excluding hydrogens is 406 g/mol. The van der Waals surface area contributed by atoms with Crippen LogP contribution in [0.25, 0.3) is 0 Å². The molecule has 0 bridgehead atoms. The molecule has 0 saturated heterocycles. The van der Waals surface area contributed by atoms with Gasteiger partial charge >= 0.3 is 12.1 Å². The van der Waals surface area contributed by atoms with Gasteiger partial charge < -0.3 is 19.9 Å². The summed E-state index contributed by atoms with van der Waals surface area (Å²) >= 11 is 0. The smallest absolute Gasteiger partial charge is 0.408 e. The van der Waals surface area contributed by atoms with Crippen LogP contribution in [0.15, 0.2) is 18.2 Å². The molecule has 0 radical (unpaired) electrons. The molecule has 1 aromatic carbocycles. The zero-order valence-electron chi connectivity index (χ0n) is 20.7. The average Bonchev–Trinajstić information content (AvgIpc) is 3.50. The average molecular weight is 448 g/mol. The van der Waals surface area contributed by atoms with Gasteiger partial charge in [-0.15, -0.1) is 0 Å². The van der Waals surface area contributed by atoms with Gasteiger partial charge in [0.15, 0.2) is 0 Å². The molecule has 1 fully saturated rings. The van der Waals surface area contributed by atoms with E-state index in [0.717, 1.165) is 11.7 Å². The van der Waals surface area contributed by atoms with Crippen LogP contribution in [0.2, 0.25) is 0 Å². The first-order chi connectivity index (χ1) is 14.9. The van der Waals surface area contributed by atoms with Gasteiger partial charge in [-0.1, -0.05) is 45.9 Å². The van der Waals surface area contributed by atoms with Crippen molar-refractivity contribution in [1.29, 1.82) is 0 Å². The molecule has 1 aromatic rings. The minimum Gasteiger partial charge on any atom is -0.493 e. The van der Waals surface area contributed by atoms with Crippen molar-refractivity contribution < 1.29 is 24.2 Å². The van der Waals surface area contributed by atoms with E-state index < -0.39 is 23.7 Å². The summed E-state index contributed by atoms with van der Waals surface area (Å²) in [5.41, 5.74) is 1.82. The van der Waals surface area contributed by atoms with E-state index in [-0.39, 0.29) is 5.92 Å².